The largest absolute Gasteiger partial charge is 0.378 e. The van der Waals surface area contributed by atoms with Crippen LogP contribution in [0, 0.1) is 10.1 Å². The summed E-state index contributed by atoms with van der Waals surface area (Å²) in [5.41, 5.74) is -1.79. The smallest absolute Gasteiger partial charge is 0.346 e. The SMILES string of the molecule is Cn1cc(S(=O)(=O)Oc2ccc([N+](=O)[O-])cc2-c2cccs2)c(=O)n(C)c1=O. The maximum Gasteiger partial charge on any atom is 0.346 e. The van der Waals surface area contributed by atoms with Crippen molar-refractivity contribution in [3.05, 3.63) is 72.9 Å². The molecule has 2 aromatic heterocycles. The molecule has 146 valence electrons. The first-order valence-corrected chi connectivity index (χ1v) is 9.94. The van der Waals surface area contributed by atoms with Crippen LogP contribution in [0.2, 0.25) is 0 Å². The third-order valence-corrected chi connectivity index (χ3v) is 5.97. The zero-order valence-corrected chi connectivity index (χ0v) is 16.2. The van der Waals surface area contributed by atoms with E-state index in [-0.39, 0.29) is 17.0 Å². The molecule has 0 fully saturated rings. The van der Waals surface area contributed by atoms with Gasteiger partial charge in [0.25, 0.3) is 11.2 Å². The van der Waals surface area contributed by atoms with Gasteiger partial charge in [0.15, 0.2) is 10.6 Å². The molecule has 1 aromatic carbocycles. The van der Waals surface area contributed by atoms with Gasteiger partial charge in [-0.3, -0.25) is 19.5 Å². The zero-order chi connectivity index (χ0) is 20.6. The quantitative estimate of drug-likeness (QED) is 0.345. The predicted octanol–water partition coefficient (Wildman–Crippen LogP) is 1.49. The van der Waals surface area contributed by atoms with Crippen LogP contribution in [0.3, 0.4) is 0 Å². The van der Waals surface area contributed by atoms with E-state index in [0.717, 1.165) is 29.9 Å². The highest BCUT2D eigenvalue weighted by molar-refractivity contribution is 7.87. The summed E-state index contributed by atoms with van der Waals surface area (Å²) >= 11 is 1.23. The number of thiophene rings is 1. The molecule has 0 radical (unpaired) electrons. The Morgan fingerprint density at radius 3 is 2.50 bits per heavy atom. The Labute approximate surface area is 162 Å². The van der Waals surface area contributed by atoms with Crippen LogP contribution in [-0.2, 0) is 24.2 Å². The van der Waals surface area contributed by atoms with Crippen molar-refractivity contribution in [2.75, 3.05) is 0 Å². The third kappa shape index (κ3) is 3.46. The van der Waals surface area contributed by atoms with Crippen molar-refractivity contribution in [3.63, 3.8) is 0 Å². The van der Waals surface area contributed by atoms with Crippen molar-refractivity contribution in [2.45, 2.75) is 4.90 Å². The lowest BCUT2D eigenvalue weighted by molar-refractivity contribution is -0.384. The molecule has 0 spiro atoms. The van der Waals surface area contributed by atoms with Crippen molar-refractivity contribution in [1.82, 2.24) is 9.13 Å². The Morgan fingerprint density at radius 1 is 1.18 bits per heavy atom. The zero-order valence-electron chi connectivity index (χ0n) is 14.6. The normalized spacial score (nSPS) is 11.4. The van der Waals surface area contributed by atoms with Crippen molar-refractivity contribution in [1.29, 1.82) is 0 Å². The highest BCUT2D eigenvalue weighted by atomic mass is 32.2. The molecule has 0 saturated heterocycles. The van der Waals surface area contributed by atoms with Gasteiger partial charge in [0, 0.05) is 42.9 Å². The fraction of sp³-hybridized carbons (Fsp3) is 0.125. The van der Waals surface area contributed by atoms with E-state index < -0.39 is 31.2 Å². The fourth-order valence-corrected chi connectivity index (χ4v) is 4.30. The van der Waals surface area contributed by atoms with Crippen molar-refractivity contribution in [2.24, 2.45) is 14.1 Å². The Hall–Kier alpha value is -3.25. The van der Waals surface area contributed by atoms with Crippen LogP contribution in [0.25, 0.3) is 10.4 Å². The molecule has 0 atom stereocenters. The Morgan fingerprint density at radius 2 is 1.89 bits per heavy atom. The summed E-state index contributed by atoms with van der Waals surface area (Å²) in [4.78, 5) is 34.3. The van der Waals surface area contributed by atoms with Crippen molar-refractivity contribution < 1.29 is 17.5 Å². The average molecular weight is 423 g/mol. The van der Waals surface area contributed by atoms with Crippen LogP contribution >= 0.6 is 11.3 Å². The van der Waals surface area contributed by atoms with E-state index in [0.29, 0.717) is 9.44 Å². The molecular weight excluding hydrogens is 410 g/mol. The van der Waals surface area contributed by atoms with E-state index in [1.807, 2.05) is 0 Å². The molecule has 3 aromatic rings. The second-order valence-corrected chi connectivity index (χ2v) is 8.17. The minimum atomic E-state index is -4.61. The van der Waals surface area contributed by atoms with Gasteiger partial charge in [-0.05, 0) is 17.5 Å². The second-order valence-electron chi connectivity index (χ2n) is 5.70. The van der Waals surface area contributed by atoms with E-state index >= 15 is 0 Å². The lowest BCUT2D eigenvalue weighted by Crippen LogP contribution is -2.39. The van der Waals surface area contributed by atoms with Crippen LogP contribution in [-0.4, -0.2) is 22.5 Å². The number of nitro benzene ring substituents is 1. The standard InChI is InChI=1S/C16H13N3O7S2/c1-17-9-14(15(20)18(2)16(17)21)28(24,25)26-12-6-5-10(19(22)23)8-11(12)13-4-3-7-27-13/h3-9H,1-2H3. The molecule has 3 rings (SSSR count). The lowest BCUT2D eigenvalue weighted by atomic mass is 10.1. The highest BCUT2D eigenvalue weighted by Crippen LogP contribution is 2.37. The maximum absolute atomic E-state index is 12.7. The average Bonchev–Trinajstić information content (AvgIpc) is 3.17. The third-order valence-electron chi connectivity index (χ3n) is 3.84. The summed E-state index contributed by atoms with van der Waals surface area (Å²) in [5, 5.41) is 12.8. The van der Waals surface area contributed by atoms with E-state index in [4.69, 9.17) is 4.18 Å². The first kappa shape index (κ1) is 19.5. The van der Waals surface area contributed by atoms with Gasteiger partial charge in [-0.2, -0.15) is 8.42 Å². The van der Waals surface area contributed by atoms with Gasteiger partial charge in [-0.1, -0.05) is 6.07 Å². The number of hydrogen-bond acceptors (Lipinski definition) is 8. The predicted molar refractivity (Wildman–Crippen MR) is 101 cm³/mol. The van der Waals surface area contributed by atoms with E-state index in [1.165, 1.54) is 24.5 Å². The molecule has 0 N–H and O–H groups in total. The van der Waals surface area contributed by atoms with Crippen molar-refractivity contribution >= 4 is 27.1 Å². The lowest BCUT2D eigenvalue weighted by Gasteiger charge is -2.11. The molecule has 0 amide bonds. The molecule has 0 unspecified atom stereocenters. The molecule has 10 nitrogen and oxygen atoms in total. The summed E-state index contributed by atoms with van der Waals surface area (Å²) in [6.07, 6.45) is 0.871. The molecule has 2 heterocycles. The maximum atomic E-state index is 12.7. The van der Waals surface area contributed by atoms with Gasteiger partial charge in [-0.15, -0.1) is 11.3 Å². The number of rotatable bonds is 5. The molecule has 12 heteroatoms. The van der Waals surface area contributed by atoms with Crippen LogP contribution in [0.4, 0.5) is 5.69 Å². The number of aromatic nitrogens is 2. The number of aryl methyl sites for hydroxylation is 1. The van der Waals surface area contributed by atoms with Gasteiger partial charge in [0.2, 0.25) is 0 Å². The first-order chi connectivity index (χ1) is 13.1. The van der Waals surface area contributed by atoms with E-state index in [9.17, 15) is 28.1 Å². The van der Waals surface area contributed by atoms with Gasteiger partial charge >= 0.3 is 15.8 Å². The number of nitro groups is 1. The Kier molecular flexibility index (Phi) is 4.91. The summed E-state index contributed by atoms with van der Waals surface area (Å²) in [7, 11) is -2.17. The molecule has 28 heavy (non-hydrogen) atoms. The molecule has 0 saturated carbocycles. The van der Waals surface area contributed by atoms with Gasteiger partial charge in [0.1, 0.15) is 0 Å². The monoisotopic (exact) mass is 423 g/mol. The molecule has 0 aliphatic heterocycles. The van der Waals surface area contributed by atoms with Crippen LogP contribution in [0.15, 0.2) is 56.4 Å². The summed E-state index contributed by atoms with van der Waals surface area (Å²) < 4.78 is 32.1. The summed E-state index contributed by atoms with van der Waals surface area (Å²) in [6.45, 7) is 0. The van der Waals surface area contributed by atoms with E-state index in [1.54, 1.807) is 17.5 Å². The topological polar surface area (TPSA) is 131 Å². The molecule has 0 bridgehead atoms. The molecule has 0 aliphatic carbocycles. The van der Waals surface area contributed by atoms with Crippen LogP contribution in [0.5, 0.6) is 5.75 Å². The first-order valence-electron chi connectivity index (χ1n) is 7.65. The number of benzene rings is 1. The Bertz CT molecular complexity index is 1290. The molecule has 0 aliphatic rings. The van der Waals surface area contributed by atoms with Gasteiger partial charge < -0.3 is 8.75 Å². The minimum absolute atomic E-state index is 0.177. The minimum Gasteiger partial charge on any atom is -0.378 e. The second kappa shape index (κ2) is 7.05. The summed E-state index contributed by atoms with van der Waals surface area (Å²) in [6, 6.07) is 6.78. The fourth-order valence-electron chi connectivity index (χ4n) is 2.44. The van der Waals surface area contributed by atoms with Gasteiger partial charge in [-0.25, -0.2) is 4.79 Å². The number of non-ortho nitro benzene ring substituents is 1. The molecular formula is C16H13N3O7S2. The summed E-state index contributed by atoms with van der Waals surface area (Å²) in [5.74, 6) is -0.177. The Balaban J connectivity index is 2.15. The van der Waals surface area contributed by atoms with Gasteiger partial charge in [0.05, 0.1) is 4.92 Å². The van der Waals surface area contributed by atoms with Crippen LogP contribution in [0.1, 0.15) is 0 Å². The van der Waals surface area contributed by atoms with Crippen LogP contribution < -0.4 is 15.4 Å². The highest BCUT2D eigenvalue weighted by Gasteiger charge is 2.26. The van der Waals surface area contributed by atoms with Crippen molar-refractivity contribution in [3.8, 4) is 16.2 Å². The number of nitrogens with zero attached hydrogens (tertiary/aromatic N) is 3. The number of hydrogen-bond donors (Lipinski definition) is 0. The van der Waals surface area contributed by atoms with E-state index in [2.05, 4.69) is 0 Å².